The smallest absolute Gasteiger partial charge is 0.235 e. The largest absolute Gasteiger partial charge is 0.324 e. The van der Waals surface area contributed by atoms with E-state index < -0.39 is 0 Å². The summed E-state index contributed by atoms with van der Waals surface area (Å²) in [4.78, 5) is 9.19. The third-order valence-electron chi connectivity index (χ3n) is 5.71. The monoisotopic (exact) mass is 395 g/mol. The molecule has 1 N–H and O–H groups in total. The van der Waals surface area contributed by atoms with E-state index in [-0.39, 0.29) is 0 Å². The summed E-state index contributed by atoms with van der Waals surface area (Å²) in [7, 11) is 0. The maximum absolute atomic E-state index is 5.05. The molecule has 0 spiro atoms. The molecule has 6 rings (SSSR count). The van der Waals surface area contributed by atoms with Crippen molar-refractivity contribution in [2.45, 2.75) is 19.5 Å². The second-order valence-electron chi connectivity index (χ2n) is 7.50. The number of hydrogen-bond donors (Lipinski definition) is 1. The molecule has 0 saturated heterocycles. The molecule has 0 bridgehead atoms. The SMILES string of the molecule is c1ccc(-n2ccnc2-n2nc(Cn3cnc4ccccc43)c3c2CCNC3)cc1. The van der Waals surface area contributed by atoms with Gasteiger partial charge in [-0.25, -0.2) is 14.6 Å². The van der Waals surface area contributed by atoms with Crippen LogP contribution in [0.15, 0.2) is 73.3 Å². The molecule has 0 aliphatic carbocycles. The fourth-order valence-electron chi connectivity index (χ4n) is 4.25. The summed E-state index contributed by atoms with van der Waals surface area (Å²) < 4.78 is 6.28. The Labute approximate surface area is 173 Å². The van der Waals surface area contributed by atoms with Crippen LogP contribution >= 0.6 is 0 Å². The molecule has 2 aromatic carbocycles. The quantitative estimate of drug-likeness (QED) is 0.508. The summed E-state index contributed by atoms with van der Waals surface area (Å²) in [6.07, 6.45) is 6.65. The van der Waals surface area contributed by atoms with Crippen molar-refractivity contribution in [3.8, 4) is 11.6 Å². The first-order valence-electron chi connectivity index (χ1n) is 10.2. The van der Waals surface area contributed by atoms with E-state index in [4.69, 9.17) is 5.10 Å². The first-order chi connectivity index (χ1) is 14.9. The third kappa shape index (κ3) is 2.74. The minimum absolute atomic E-state index is 0.684. The molecule has 148 valence electrons. The topological polar surface area (TPSA) is 65.5 Å². The van der Waals surface area contributed by atoms with Crippen molar-refractivity contribution in [1.29, 1.82) is 0 Å². The van der Waals surface area contributed by atoms with Gasteiger partial charge in [0.05, 0.1) is 35.3 Å². The van der Waals surface area contributed by atoms with Gasteiger partial charge in [0.1, 0.15) is 0 Å². The molecule has 7 heteroatoms. The Morgan fingerprint density at radius 3 is 2.77 bits per heavy atom. The molecule has 5 aromatic rings. The zero-order valence-electron chi connectivity index (χ0n) is 16.4. The maximum atomic E-state index is 5.05. The molecular formula is C23H21N7. The van der Waals surface area contributed by atoms with Gasteiger partial charge in [-0.2, -0.15) is 5.10 Å². The molecule has 0 atom stereocenters. The van der Waals surface area contributed by atoms with E-state index in [0.29, 0.717) is 6.54 Å². The van der Waals surface area contributed by atoms with Crippen LogP contribution in [0.4, 0.5) is 0 Å². The van der Waals surface area contributed by atoms with Crippen LogP contribution in [0.1, 0.15) is 17.0 Å². The van der Waals surface area contributed by atoms with E-state index >= 15 is 0 Å². The zero-order valence-corrected chi connectivity index (χ0v) is 16.4. The van der Waals surface area contributed by atoms with Crippen molar-refractivity contribution in [3.05, 3.63) is 90.3 Å². The first-order valence-corrected chi connectivity index (χ1v) is 10.2. The van der Waals surface area contributed by atoms with Crippen LogP contribution in [0.5, 0.6) is 0 Å². The van der Waals surface area contributed by atoms with E-state index in [1.807, 2.05) is 59.8 Å². The first kappa shape index (κ1) is 17.2. The van der Waals surface area contributed by atoms with Crippen molar-refractivity contribution in [2.75, 3.05) is 6.54 Å². The molecule has 0 amide bonds. The molecule has 30 heavy (non-hydrogen) atoms. The van der Waals surface area contributed by atoms with Crippen LogP contribution in [-0.4, -0.2) is 35.4 Å². The predicted molar refractivity (Wildman–Crippen MR) is 115 cm³/mol. The fourth-order valence-corrected chi connectivity index (χ4v) is 4.25. The van der Waals surface area contributed by atoms with E-state index in [2.05, 4.69) is 42.6 Å². The maximum Gasteiger partial charge on any atom is 0.235 e. The average Bonchev–Trinajstić information content (AvgIpc) is 3.52. The summed E-state index contributed by atoms with van der Waals surface area (Å²) in [5, 5.41) is 8.54. The van der Waals surface area contributed by atoms with Crippen LogP contribution < -0.4 is 5.32 Å². The van der Waals surface area contributed by atoms with Crippen molar-refractivity contribution in [3.63, 3.8) is 0 Å². The number of fused-ring (bicyclic) bond motifs is 2. The highest BCUT2D eigenvalue weighted by Crippen LogP contribution is 2.24. The van der Waals surface area contributed by atoms with Crippen molar-refractivity contribution < 1.29 is 0 Å². The van der Waals surface area contributed by atoms with E-state index in [1.165, 1.54) is 11.3 Å². The van der Waals surface area contributed by atoms with Crippen LogP contribution in [0, 0.1) is 0 Å². The van der Waals surface area contributed by atoms with Gasteiger partial charge < -0.3 is 9.88 Å². The molecule has 0 fully saturated rings. The Morgan fingerprint density at radius 1 is 0.967 bits per heavy atom. The van der Waals surface area contributed by atoms with Crippen LogP contribution in [0.25, 0.3) is 22.7 Å². The van der Waals surface area contributed by atoms with Gasteiger partial charge in [0, 0.05) is 43.2 Å². The number of nitrogens with zero attached hydrogens (tertiary/aromatic N) is 6. The molecule has 7 nitrogen and oxygen atoms in total. The number of nitrogens with one attached hydrogen (secondary N) is 1. The Bertz CT molecular complexity index is 1330. The molecule has 4 heterocycles. The van der Waals surface area contributed by atoms with Gasteiger partial charge >= 0.3 is 0 Å². The number of aromatic nitrogens is 6. The third-order valence-corrected chi connectivity index (χ3v) is 5.71. The summed E-state index contributed by atoms with van der Waals surface area (Å²) in [5.41, 5.74) is 6.75. The van der Waals surface area contributed by atoms with Crippen molar-refractivity contribution >= 4 is 11.0 Å². The van der Waals surface area contributed by atoms with Gasteiger partial charge in [-0.15, -0.1) is 0 Å². The summed E-state index contributed by atoms with van der Waals surface area (Å²) in [5.74, 6) is 0.820. The Hall–Kier alpha value is -3.71. The lowest BCUT2D eigenvalue weighted by molar-refractivity contribution is 0.614. The predicted octanol–water partition coefficient (Wildman–Crippen LogP) is 3.10. The zero-order chi connectivity index (χ0) is 19.9. The van der Waals surface area contributed by atoms with Crippen LogP contribution in [0.2, 0.25) is 0 Å². The Balaban J connectivity index is 1.46. The van der Waals surface area contributed by atoms with Crippen LogP contribution in [0.3, 0.4) is 0 Å². The van der Waals surface area contributed by atoms with E-state index in [1.54, 1.807) is 0 Å². The number of hydrogen-bond acceptors (Lipinski definition) is 4. The second kappa shape index (κ2) is 6.96. The number of benzene rings is 2. The Kier molecular flexibility index (Phi) is 3.99. The van der Waals surface area contributed by atoms with Gasteiger partial charge in [-0.05, 0) is 24.3 Å². The van der Waals surface area contributed by atoms with Gasteiger partial charge in [0.15, 0.2) is 0 Å². The molecule has 0 saturated carbocycles. The number of imidazole rings is 2. The number of para-hydroxylation sites is 3. The molecular weight excluding hydrogens is 374 g/mol. The van der Waals surface area contributed by atoms with E-state index in [9.17, 15) is 0 Å². The Morgan fingerprint density at radius 2 is 1.83 bits per heavy atom. The van der Waals surface area contributed by atoms with Crippen molar-refractivity contribution in [1.82, 2.24) is 34.2 Å². The van der Waals surface area contributed by atoms with Gasteiger partial charge in [-0.1, -0.05) is 30.3 Å². The standard InChI is InChI=1S/C23H21N7/c1-2-6-17(7-3-1)29-13-12-25-23(29)30-21-10-11-24-14-18(21)20(27-30)15-28-16-26-19-8-4-5-9-22(19)28/h1-9,12-13,16,24H,10-11,14-15H2. The molecule has 0 unspecified atom stereocenters. The summed E-state index contributed by atoms with van der Waals surface area (Å²) >= 11 is 0. The lowest BCUT2D eigenvalue weighted by Gasteiger charge is -2.16. The molecule has 1 aliphatic heterocycles. The normalized spacial score (nSPS) is 13.6. The highest BCUT2D eigenvalue weighted by atomic mass is 15.4. The second-order valence-corrected chi connectivity index (χ2v) is 7.50. The fraction of sp³-hybridized carbons (Fsp3) is 0.174. The van der Waals surface area contributed by atoms with Gasteiger partial charge in [-0.3, -0.25) is 4.57 Å². The molecule has 0 radical (unpaired) electrons. The minimum Gasteiger partial charge on any atom is -0.324 e. The van der Waals surface area contributed by atoms with Crippen LogP contribution in [-0.2, 0) is 19.5 Å². The highest BCUT2D eigenvalue weighted by Gasteiger charge is 2.24. The van der Waals surface area contributed by atoms with Gasteiger partial charge in [0.2, 0.25) is 5.95 Å². The van der Waals surface area contributed by atoms with Crippen molar-refractivity contribution in [2.24, 2.45) is 0 Å². The molecule has 1 aliphatic rings. The lowest BCUT2D eigenvalue weighted by Crippen LogP contribution is -2.25. The average molecular weight is 395 g/mol. The lowest BCUT2D eigenvalue weighted by atomic mass is 10.1. The summed E-state index contributed by atoms with van der Waals surface area (Å²) in [6, 6.07) is 18.5. The van der Waals surface area contributed by atoms with Gasteiger partial charge in [0.25, 0.3) is 0 Å². The highest BCUT2D eigenvalue weighted by molar-refractivity contribution is 5.75. The summed E-state index contributed by atoms with van der Waals surface area (Å²) in [6.45, 7) is 2.45. The minimum atomic E-state index is 0.684. The number of rotatable bonds is 4. The molecule has 3 aromatic heterocycles. The van der Waals surface area contributed by atoms with E-state index in [0.717, 1.165) is 47.9 Å².